The minimum Gasteiger partial charge on any atom is -0.423 e. The Morgan fingerprint density at radius 2 is 1.71 bits per heavy atom. The van der Waals surface area contributed by atoms with E-state index >= 15 is 0 Å². The number of rotatable bonds is 3. The van der Waals surface area contributed by atoms with E-state index in [0.29, 0.717) is 5.46 Å². The summed E-state index contributed by atoms with van der Waals surface area (Å²) in [4.78, 5) is 3.35. The van der Waals surface area contributed by atoms with Gasteiger partial charge in [-0.15, -0.1) is 0 Å². The number of anilines is 1. The van der Waals surface area contributed by atoms with Crippen molar-refractivity contribution in [2.45, 2.75) is 19.6 Å². The summed E-state index contributed by atoms with van der Waals surface area (Å²) in [6.45, 7) is 6.48. The molecule has 3 nitrogen and oxygen atoms in total. The van der Waals surface area contributed by atoms with Gasteiger partial charge in [-0.05, 0) is 6.07 Å². The molecule has 14 heavy (non-hydrogen) atoms. The zero-order valence-electron chi connectivity index (χ0n) is 8.78. The van der Waals surface area contributed by atoms with Crippen LogP contribution in [0.2, 0.25) is 19.6 Å². The van der Waals surface area contributed by atoms with Crippen LogP contribution in [0.3, 0.4) is 0 Å². The molecule has 0 fully saturated rings. The van der Waals surface area contributed by atoms with E-state index < -0.39 is 15.4 Å². The van der Waals surface area contributed by atoms with Crippen molar-refractivity contribution in [1.82, 2.24) is 0 Å². The Hall–Kier alpha value is -0.778. The number of hydrogen-bond acceptors (Lipinski definition) is 3. The zero-order chi connectivity index (χ0) is 10.8. The molecule has 0 radical (unpaired) electrons. The van der Waals surface area contributed by atoms with Gasteiger partial charge in [0.1, 0.15) is 8.24 Å². The van der Waals surface area contributed by atoms with Gasteiger partial charge in [-0.25, -0.2) is 0 Å². The predicted octanol–water partition coefficient (Wildman–Crippen LogP) is 0.613. The van der Waals surface area contributed by atoms with Crippen LogP contribution >= 0.6 is 0 Å². The second-order valence-corrected chi connectivity index (χ2v) is 9.09. The Balaban J connectivity index is 2.96. The number of hydrogen-bond donors (Lipinski definition) is 3. The van der Waals surface area contributed by atoms with Crippen molar-refractivity contribution in [2.24, 2.45) is 0 Å². The highest BCUT2D eigenvalue weighted by Crippen LogP contribution is 2.09. The van der Waals surface area contributed by atoms with Crippen LogP contribution in [0.4, 0.5) is 5.69 Å². The SMILES string of the molecule is C[Si](C)(C)Nc1ccccc1B(O)O. The van der Waals surface area contributed by atoms with E-state index in [1.807, 2.05) is 12.1 Å². The molecule has 0 atom stereocenters. The molecule has 0 aliphatic rings. The van der Waals surface area contributed by atoms with Crippen molar-refractivity contribution < 1.29 is 10.0 Å². The smallest absolute Gasteiger partial charge is 0.423 e. The quantitative estimate of drug-likeness (QED) is 0.639. The van der Waals surface area contributed by atoms with E-state index in [1.165, 1.54) is 0 Å². The summed E-state index contributed by atoms with van der Waals surface area (Å²) in [6, 6.07) is 7.26. The van der Waals surface area contributed by atoms with Gasteiger partial charge in [-0.3, -0.25) is 0 Å². The van der Waals surface area contributed by atoms with Gasteiger partial charge in [0.25, 0.3) is 0 Å². The molecule has 0 saturated heterocycles. The standard InChI is InChI=1S/C9H16BNO2Si/c1-14(2,3)11-9-7-5-4-6-8(9)10(12)13/h4-7,11-13H,1-3H3. The van der Waals surface area contributed by atoms with Crippen molar-refractivity contribution in [1.29, 1.82) is 0 Å². The van der Waals surface area contributed by atoms with Crippen molar-refractivity contribution >= 4 is 26.5 Å². The number of nitrogens with one attached hydrogen (secondary N) is 1. The van der Waals surface area contributed by atoms with Gasteiger partial charge in [-0.2, -0.15) is 0 Å². The van der Waals surface area contributed by atoms with E-state index in [4.69, 9.17) is 10.0 Å². The van der Waals surface area contributed by atoms with Gasteiger partial charge >= 0.3 is 7.12 Å². The highest BCUT2D eigenvalue weighted by atomic mass is 28.3. The first-order valence-corrected chi connectivity index (χ1v) is 8.13. The van der Waals surface area contributed by atoms with Crippen LogP contribution in [0.25, 0.3) is 0 Å². The lowest BCUT2D eigenvalue weighted by Crippen LogP contribution is -2.39. The van der Waals surface area contributed by atoms with Crippen molar-refractivity contribution in [3.05, 3.63) is 24.3 Å². The summed E-state index contributed by atoms with van der Waals surface area (Å²) in [5.74, 6) is 0. The third-order valence-electron chi connectivity index (χ3n) is 1.75. The fourth-order valence-electron chi connectivity index (χ4n) is 1.24. The predicted molar refractivity (Wildman–Crippen MR) is 63.2 cm³/mol. The fourth-order valence-corrected chi connectivity index (χ4v) is 2.28. The summed E-state index contributed by atoms with van der Waals surface area (Å²) in [5, 5.41) is 18.3. The lowest BCUT2D eigenvalue weighted by atomic mass is 9.79. The van der Waals surface area contributed by atoms with Crippen LogP contribution in [0.1, 0.15) is 0 Å². The molecule has 0 heterocycles. The monoisotopic (exact) mass is 209 g/mol. The van der Waals surface area contributed by atoms with Gasteiger partial charge in [0, 0.05) is 11.2 Å². The van der Waals surface area contributed by atoms with E-state index in [0.717, 1.165) is 5.69 Å². The normalized spacial score (nSPS) is 11.2. The van der Waals surface area contributed by atoms with E-state index in [-0.39, 0.29) is 0 Å². The summed E-state index contributed by atoms with van der Waals surface area (Å²) < 4.78 is 0. The van der Waals surface area contributed by atoms with Gasteiger partial charge < -0.3 is 15.0 Å². The Kier molecular flexibility index (Phi) is 3.36. The second kappa shape index (κ2) is 4.17. The van der Waals surface area contributed by atoms with Crippen LogP contribution in [0, 0.1) is 0 Å². The molecule has 1 aromatic rings. The topological polar surface area (TPSA) is 52.5 Å². The minimum atomic E-state index is -1.45. The summed E-state index contributed by atoms with van der Waals surface area (Å²) in [7, 11) is -2.85. The molecule has 5 heteroatoms. The summed E-state index contributed by atoms with van der Waals surface area (Å²) >= 11 is 0. The molecule has 0 saturated carbocycles. The highest BCUT2D eigenvalue weighted by Gasteiger charge is 2.19. The third kappa shape index (κ3) is 3.17. The van der Waals surface area contributed by atoms with Gasteiger partial charge in [0.2, 0.25) is 0 Å². The van der Waals surface area contributed by atoms with Crippen molar-refractivity contribution in [3.8, 4) is 0 Å². The molecule has 0 amide bonds. The van der Waals surface area contributed by atoms with Gasteiger partial charge in [0.15, 0.2) is 0 Å². The lowest BCUT2D eigenvalue weighted by Gasteiger charge is -2.21. The largest absolute Gasteiger partial charge is 0.490 e. The van der Waals surface area contributed by atoms with E-state index in [9.17, 15) is 0 Å². The molecule has 0 spiro atoms. The Bertz CT molecular complexity index is 312. The third-order valence-corrected chi connectivity index (χ3v) is 2.77. The molecule has 76 valence electrons. The van der Waals surface area contributed by atoms with Crippen molar-refractivity contribution in [3.63, 3.8) is 0 Å². The first kappa shape index (κ1) is 11.3. The summed E-state index contributed by atoms with van der Waals surface area (Å²) in [6.07, 6.45) is 0. The molecule has 0 unspecified atom stereocenters. The van der Waals surface area contributed by atoms with Crippen molar-refractivity contribution in [2.75, 3.05) is 4.98 Å². The fraction of sp³-hybridized carbons (Fsp3) is 0.333. The van der Waals surface area contributed by atoms with Crippen LogP contribution < -0.4 is 10.4 Å². The Morgan fingerprint density at radius 1 is 1.14 bits per heavy atom. The molecule has 0 aliphatic heterocycles. The highest BCUT2D eigenvalue weighted by molar-refractivity contribution is 6.79. The maximum Gasteiger partial charge on any atom is 0.490 e. The zero-order valence-corrected chi connectivity index (χ0v) is 9.78. The maximum atomic E-state index is 9.13. The molecular weight excluding hydrogens is 193 g/mol. The average Bonchev–Trinajstić information content (AvgIpc) is 2.01. The molecule has 0 bridgehead atoms. The number of para-hydroxylation sites is 1. The van der Waals surface area contributed by atoms with Crippen LogP contribution in [0.15, 0.2) is 24.3 Å². The molecule has 1 rings (SSSR count). The first-order chi connectivity index (χ1) is 6.40. The minimum absolute atomic E-state index is 0.537. The van der Waals surface area contributed by atoms with Crippen LogP contribution in [-0.2, 0) is 0 Å². The van der Waals surface area contributed by atoms with Gasteiger partial charge in [-0.1, -0.05) is 37.8 Å². The Morgan fingerprint density at radius 3 is 2.21 bits per heavy atom. The molecule has 1 aromatic carbocycles. The second-order valence-electron chi connectivity index (χ2n) is 4.34. The van der Waals surface area contributed by atoms with E-state index in [1.54, 1.807) is 12.1 Å². The molecule has 3 N–H and O–H groups in total. The van der Waals surface area contributed by atoms with Gasteiger partial charge in [0.05, 0.1) is 0 Å². The Labute approximate surface area is 86.0 Å². The lowest BCUT2D eigenvalue weighted by molar-refractivity contribution is 0.426. The average molecular weight is 209 g/mol. The number of benzene rings is 1. The molecule has 0 aliphatic carbocycles. The molecular formula is C9H16BNO2Si. The maximum absolute atomic E-state index is 9.13. The molecule has 0 aromatic heterocycles. The van der Waals surface area contributed by atoms with E-state index in [2.05, 4.69) is 24.6 Å². The summed E-state index contributed by atoms with van der Waals surface area (Å²) in [5.41, 5.74) is 1.36. The van der Waals surface area contributed by atoms with Crippen LogP contribution in [-0.4, -0.2) is 25.4 Å². The first-order valence-electron chi connectivity index (χ1n) is 4.63. The van der Waals surface area contributed by atoms with Crippen LogP contribution in [0.5, 0.6) is 0 Å².